The van der Waals surface area contributed by atoms with E-state index in [-0.39, 0.29) is 30.2 Å². The Morgan fingerprint density at radius 2 is 1.59 bits per heavy atom. The smallest absolute Gasteiger partial charge is 0.411 e. The fourth-order valence-electron chi connectivity index (χ4n) is 4.15. The summed E-state index contributed by atoms with van der Waals surface area (Å²) < 4.78 is 19.9. The summed E-state index contributed by atoms with van der Waals surface area (Å²) in [5.41, 5.74) is 3.63. The first-order valence-corrected chi connectivity index (χ1v) is 10.8. The van der Waals surface area contributed by atoms with Crippen LogP contribution in [0.5, 0.6) is 0 Å². The standard InChI is InChI=1S/C26H23FN2O5/c1-2-22(25(31)32)28-24(30)19-12-7-13-21(27)23(19)29-26(33)34-14-20-17-10-5-3-8-15(17)16-9-4-6-11-18(16)20/h3-13,20,22H,2,14H2,1H3,(H,28,30)(H,29,33)(H,31,32)/t22-/m0/s1. The molecule has 0 spiro atoms. The molecule has 0 radical (unpaired) electrons. The predicted molar refractivity (Wildman–Crippen MR) is 124 cm³/mol. The van der Waals surface area contributed by atoms with Crippen molar-refractivity contribution in [1.29, 1.82) is 0 Å². The van der Waals surface area contributed by atoms with Crippen molar-refractivity contribution in [3.63, 3.8) is 0 Å². The second-order valence-electron chi connectivity index (χ2n) is 7.89. The molecule has 0 unspecified atom stereocenters. The molecule has 8 heteroatoms. The van der Waals surface area contributed by atoms with Gasteiger partial charge in [-0.15, -0.1) is 0 Å². The Kier molecular flexibility index (Phi) is 6.58. The molecule has 1 atom stereocenters. The van der Waals surface area contributed by atoms with Crippen molar-refractivity contribution in [3.05, 3.63) is 89.2 Å². The topological polar surface area (TPSA) is 105 Å². The zero-order chi connectivity index (χ0) is 24.2. The maximum atomic E-state index is 14.5. The molecule has 0 aliphatic heterocycles. The molecule has 2 amide bonds. The lowest BCUT2D eigenvalue weighted by Gasteiger charge is -2.17. The van der Waals surface area contributed by atoms with Crippen LogP contribution in [0, 0.1) is 5.82 Å². The van der Waals surface area contributed by atoms with Crippen LogP contribution in [-0.4, -0.2) is 35.7 Å². The summed E-state index contributed by atoms with van der Waals surface area (Å²) >= 11 is 0. The summed E-state index contributed by atoms with van der Waals surface area (Å²) in [5, 5.41) is 13.8. The largest absolute Gasteiger partial charge is 0.480 e. The Bertz CT molecular complexity index is 1210. The van der Waals surface area contributed by atoms with E-state index in [0.29, 0.717) is 0 Å². The molecule has 4 rings (SSSR count). The highest BCUT2D eigenvalue weighted by atomic mass is 19.1. The number of aliphatic carboxylic acids is 1. The molecule has 1 aliphatic rings. The van der Waals surface area contributed by atoms with Gasteiger partial charge in [-0.05, 0) is 40.8 Å². The van der Waals surface area contributed by atoms with Gasteiger partial charge in [0.15, 0.2) is 0 Å². The molecule has 0 saturated heterocycles. The number of benzene rings is 3. The zero-order valence-corrected chi connectivity index (χ0v) is 18.4. The number of fused-ring (bicyclic) bond motifs is 3. The van der Waals surface area contributed by atoms with E-state index >= 15 is 0 Å². The molecule has 0 saturated carbocycles. The van der Waals surface area contributed by atoms with E-state index in [1.165, 1.54) is 12.1 Å². The molecule has 7 nitrogen and oxygen atoms in total. The highest BCUT2D eigenvalue weighted by molar-refractivity contribution is 6.04. The number of rotatable bonds is 7. The van der Waals surface area contributed by atoms with E-state index < -0.39 is 29.8 Å². The van der Waals surface area contributed by atoms with Crippen LogP contribution in [0.1, 0.15) is 40.7 Å². The van der Waals surface area contributed by atoms with E-state index in [1.54, 1.807) is 6.92 Å². The van der Waals surface area contributed by atoms with Gasteiger partial charge < -0.3 is 15.2 Å². The molecule has 3 aromatic rings. The third-order valence-electron chi connectivity index (χ3n) is 5.84. The van der Waals surface area contributed by atoms with Gasteiger partial charge in [-0.1, -0.05) is 61.5 Å². The van der Waals surface area contributed by atoms with Gasteiger partial charge in [0, 0.05) is 5.92 Å². The summed E-state index contributed by atoms with van der Waals surface area (Å²) in [6.45, 7) is 1.62. The van der Waals surface area contributed by atoms with Crippen molar-refractivity contribution in [2.45, 2.75) is 25.3 Å². The second kappa shape index (κ2) is 9.74. The first kappa shape index (κ1) is 23.0. The Hall–Kier alpha value is -4.20. The van der Waals surface area contributed by atoms with Gasteiger partial charge in [-0.3, -0.25) is 10.1 Å². The van der Waals surface area contributed by atoms with Gasteiger partial charge in [-0.2, -0.15) is 0 Å². The van der Waals surface area contributed by atoms with Crippen molar-refractivity contribution in [1.82, 2.24) is 5.32 Å². The van der Waals surface area contributed by atoms with Gasteiger partial charge in [0.25, 0.3) is 5.91 Å². The zero-order valence-electron chi connectivity index (χ0n) is 18.4. The molecule has 3 N–H and O–H groups in total. The molecule has 3 aromatic carbocycles. The summed E-state index contributed by atoms with van der Waals surface area (Å²) in [6, 6.07) is 18.3. The van der Waals surface area contributed by atoms with Gasteiger partial charge in [0.05, 0.1) is 11.3 Å². The first-order chi connectivity index (χ1) is 16.4. The molecule has 0 bridgehead atoms. The van der Waals surface area contributed by atoms with Crippen molar-refractivity contribution in [2.75, 3.05) is 11.9 Å². The number of hydrogen-bond donors (Lipinski definition) is 3. The lowest BCUT2D eigenvalue weighted by molar-refractivity contribution is -0.139. The number of carbonyl (C=O) groups is 3. The highest BCUT2D eigenvalue weighted by Crippen LogP contribution is 2.44. The van der Waals surface area contributed by atoms with Crippen LogP contribution in [0.3, 0.4) is 0 Å². The third-order valence-corrected chi connectivity index (χ3v) is 5.84. The predicted octanol–water partition coefficient (Wildman–Crippen LogP) is 4.78. The van der Waals surface area contributed by atoms with Crippen molar-refractivity contribution in [2.24, 2.45) is 0 Å². The summed E-state index contributed by atoms with van der Waals surface area (Å²) in [4.78, 5) is 36.4. The number of carbonyl (C=O) groups excluding carboxylic acids is 2. The lowest BCUT2D eigenvalue weighted by atomic mass is 9.98. The number of ether oxygens (including phenoxy) is 1. The summed E-state index contributed by atoms with van der Waals surface area (Å²) in [5.74, 6) is -3.05. The maximum Gasteiger partial charge on any atom is 0.411 e. The number of amides is 2. The van der Waals surface area contributed by atoms with Crippen LogP contribution in [0.25, 0.3) is 11.1 Å². The van der Waals surface area contributed by atoms with Crippen LogP contribution in [0.2, 0.25) is 0 Å². The minimum atomic E-state index is -1.21. The Morgan fingerprint density at radius 3 is 2.18 bits per heavy atom. The number of halogens is 1. The van der Waals surface area contributed by atoms with E-state index in [0.717, 1.165) is 28.3 Å². The number of para-hydroxylation sites is 1. The average Bonchev–Trinajstić information content (AvgIpc) is 3.16. The monoisotopic (exact) mass is 462 g/mol. The van der Waals surface area contributed by atoms with Crippen LogP contribution in [-0.2, 0) is 9.53 Å². The highest BCUT2D eigenvalue weighted by Gasteiger charge is 2.29. The Balaban J connectivity index is 1.49. The summed E-state index contributed by atoms with van der Waals surface area (Å²) in [7, 11) is 0. The van der Waals surface area contributed by atoms with Gasteiger partial charge >= 0.3 is 12.1 Å². The molecule has 0 aromatic heterocycles. The molecule has 174 valence electrons. The van der Waals surface area contributed by atoms with E-state index in [2.05, 4.69) is 10.6 Å². The van der Waals surface area contributed by atoms with Gasteiger partial charge in [0.2, 0.25) is 0 Å². The summed E-state index contributed by atoms with van der Waals surface area (Å²) in [6.07, 6.45) is -0.780. The SMILES string of the molecule is CC[C@H](NC(=O)c1cccc(F)c1NC(=O)OCC1c2ccccc2-c2ccccc21)C(=O)O. The lowest BCUT2D eigenvalue weighted by Crippen LogP contribution is -2.40. The van der Waals surface area contributed by atoms with Crippen LogP contribution >= 0.6 is 0 Å². The fourth-order valence-corrected chi connectivity index (χ4v) is 4.15. The molecule has 0 heterocycles. The normalized spacial score (nSPS) is 12.9. The van der Waals surface area contributed by atoms with Gasteiger partial charge in [0.1, 0.15) is 18.5 Å². The average molecular weight is 462 g/mol. The Labute approximate surface area is 195 Å². The number of carboxylic acid groups (broad SMARTS) is 1. The van der Waals surface area contributed by atoms with Crippen LogP contribution in [0.15, 0.2) is 66.7 Å². The second-order valence-corrected chi connectivity index (χ2v) is 7.89. The minimum Gasteiger partial charge on any atom is -0.480 e. The Morgan fingerprint density at radius 1 is 0.971 bits per heavy atom. The fraction of sp³-hybridized carbons (Fsp3) is 0.192. The first-order valence-electron chi connectivity index (χ1n) is 10.8. The number of carboxylic acids is 1. The van der Waals surface area contributed by atoms with Crippen LogP contribution < -0.4 is 10.6 Å². The van der Waals surface area contributed by atoms with Gasteiger partial charge in [-0.25, -0.2) is 14.0 Å². The third kappa shape index (κ3) is 4.47. The maximum absolute atomic E-state index is 14.5. The van der Waals surface area contributed by atoms with E-state index in [4.69, 9.17) is 4.74 Å². The van der Waals surface area contributed by atoms with E-state index in [9.17, 15) is 23.9 Å². The van der Waals surface area contributed by atoms with Crippen molar-refractivity contribution in [3.8, 4) is 11.1 Å². The van der Waals surface area contributed by atoms with Crippen molar-refractivity contribution >= 4 is 23.7 Å². The molecule has 0 fully saturated rings. The minimum absolute atomic E-state index is 0.0206. The molecule has 34 heavy (non-hydrogen) atoms. The number of nitrogens with one attached hydrogen (secondary N) is 2. The van der Waals surface area contributed by atoms with E-state index in [1.807, 2.05) is 48.5 Å². The van der Waals surface area contributed by atoms with Crippen LogP contribution in [0.4, 0.5) is 14.9 Å². The quantitative estimate of drug-likeness (QED) is 0.469. The number of anilines is 1. The molecule has 1 aliphatic carbocycles. The number of hydrogen-bond acceptors (Lipinski definition) is 4. The molecular formula is C26H23FN2O5. The van der Waals surface area contributed by atoms with Crippen molar-refractivity contribution < 1.29 is 28.6 Å². The molecular weight excluding hydrogens is 439 g/mol.